The summed E-state index contributed by atoms with van der Waals surface area (Å²) in [5.41, 5.74) is -0.484. The minimum atomic E-state index is -0.484. The maximum absolute atomic E-state index is 11.9. The van der Waals surface area contributed by atoms with Gasteiger partial charge in [-0.3, -0.25) is 4.99 Å². The van der Waals surface area contributed by atoms with Gasteiger partial charge < -0.3 is 20.7 Å². The number of carbonyl (C=O) groups is 1. The third kappa shape index (κ3) is 13.4. The maximum Gasteiger partial charge on any atom is 0.407 e. The van der Waals surface area contributed by atoms with Gasteiger partial charge in [-0.15, -0.1) is 24.0 Å². The highest BCUT2D eigenvalue weighted by Crippen LogP contribution is 2.07. The van der Waals surface area contributed by atoms with Crippen LogP contribution in [0.25, 0.3) is 0 Å². The van der Waals surface area contributed by atoms with Gasteiger partial charge in [-0.2, -0.15) is 0 Å². The monoisotopic (exact) mass is 442 g/mol. The van der Waals surface area contributed by atoms with Crippen molar-refractivity contribution in [3.8, 4) is 0 Å². The SMILES string of the molecule is CCCC(CNC(=NC)NC(C)CC)NC(=O)OC(C)(C)C.I. The van der Waals surface area contributed by atoms with Crippen molar-refractivity contribution in [1.29, 1.82) is 0 Å². The number of halogens is 1. The molecule has 23 heavy (non-hydrogen) atoms. The molecule has 0 aromatic heterocycles. The van der Waals surface area contributed by atoms with E-state index in [0.717, 1.165) is 25.2 Å². The zero-order chi connectivity index (χ0) is 17.2. The van der Waals surface area contributed by atoms with Crippen molar-refractivity contribution in [3.63, 3.8) is 0 Å². The summed E-state index contributed by atoms with van der Waals surface area (Å²) in [6.45, 7) is 12.5. The number of hydrogen-bond donors (Lipinski definition) is 3. The van der Waals surface area contributed by atoms with Crippen molar-refractivity contribution in [3.05, 3.63) is 0 Å². The van der Waals surface area contributed by atoms with Crippen molar-refractivity contribution >= 4 is 36.0 Å². The van der Waals surface area contributed by atoms with E-state index in [1.165, 1.54) is 0 Å². The minimum absolute atomic E-state index is 0. The quantitative estimate of drug-likeness (QED) is 0.322. The summed E-state index contributed by atoms with van der Waals surface area (Å²) in [7, 11) is 1.74. The minimum Gasteiger partial charge on any atom is -0.444 e. The Morgan fingerprint density at radius 3 is 2.26 bits per heavy atom. The molecule has 0 fully saturated rings. The van der Waals surface area contributed by atoms with Gasteiger partial charge in [0.05, 0.1) is 0 Å². The summed E-state index contributed by atoms with van der Waals surface area (Å²) >= 11 is 0. The van der Waals surface area contributed by atoms with E-state index in [9.17, 15) is 4.79 Å². The summed E-state index contributed by atoms with van der Waals surface area (Å²) in [6.07, 6.45) is 2.51. The van der Waals surface area contributed by atoms with Crippen LogP contribution in [0.5, 0.6) is 0 Å². The lowest BCUT2D eigenvalue weighted by molar-refractivity contribution is 0.0502. The second-order valence-electron chi connectivity index (χ2n) is 6.54. The van der Waals surface area contributed by atoms with E-state index in [2.05, 4.69) is 41.7 Å². The number of aliphatic imine (C=N–C) groups is 1. The molecule has 0 aliphatic carbocycles. The standard InChI is InChI=1S/C16H34N4O2.HI/c1-8-10-13(20-15(21)22-16(4,5)6)11-18-14(17-7)19-12(3)9-2;/h12-13H,8-11H2,1-7H3,(H,20,21)(H2,17,18,19);1H. The third-order valence-corrected chi connectivity index (χ3v) is 3.09. The first-order valence-corrected chi connectivity index (χ1v) is 8.18. The summed E-state index contributed by atoms with van der Waals surface area (Å²) < 4.78 is 5.31. The lowest BCUT2D eigenvalue weighted by Crippen LogP contribution is -2.49. The molecule has 0 aliphatic rings. The lowest BCUT2D eigenvalue weighted by atomic mass is 10.1. The van der Waals surface area contributed by atoms with Crippen molar-refractivity contribution in [2.24, 2.45) is 4.99 Å². The van der Waals surface area contributed by atoms with Crippen LogP contribution >= 0.6 is 24.0 Å². The Morgan fingerprint density at radius 1 is 1.22 bits per heavy atom. The van der Waals surface area contributed by atoms with Crippen LogP contribution in [-0.2, 0) is 4.74 Å². The molecular formula is C16H35IN4O2. The molecule has 0 saturated carbocycles. The van der Waals surface area contributed by atoms with Crippen LogP contribution < -0.4 is 16.0 Å². The average Bonchev–Trinajstić information content (AvgIpc) is 2.40. The Balaban J connectivity index is 0. The predicted octanol–water partition coefficient (Wildman–Crippen LogP) is 3.26. The molecule has 0 aliphatic heterocycles. The Labute approximate surface area is 158 Å². The molecule has 3 N–H and O–H groups in total. The molecule has 0 spiro atoms. The van der Waals surface area contributed by atoms with Crippen LogP contribution in [-0.4, -0.2) is 43.3 Å². The highest BCUT2D eigenvalue weighted by molar-refractivity contribution is 14.0. The molecule has 0 saturated heterocycles. The van der Waals surface area contributed by atoms with E-state index in [0.29, 0.717) is 12.6 Å². The molecule has 2 atom stereocenters. The number of nitrogens with one attached hydrogen (secondary N) is 3. The van der Waals surface area contributed by atoms with E-state index in [1.807, 2.05) is 20.8 Å². The molecule has 0 heterocycles. The van der Waals surface area contributed by atoms with Gasteiger partial charge in [0.1, 0.15) is 5.60 Å². The van der Waals surface area contributed by atoms with Crippen molar-refractivity contribution < 1.29 is 9.53 Å². The van der Waals surface area contributed by atoms with E-state index in [1.54, 1.807) is 7.05 Å². The smallest absolute Gasteiger partial charge is 0.407 e. The number of nitrogens with zero attached hydrogens (tertiary/aromatic N) is 1. The van der Waals surface area contributed by atoms with Gasteiger partial charge in [0.15, 0.2) is 5.96 Å². The Hall–Kier alpha value is -0.730. The molecule has 0 aromatic carbocycles. The van der Waals surface area contributed by atoms with Gasteiger partial charge in [0.2, 0.25) is 0 Å². The number of rotatable bonds is 7. The molecule has 0 rings (SSSR count). The number of amides is 1. The molecule has 0 aromatic rings. The molecule has 0 radical (unpaired) electrons. The van der Waals surface area contributed by atoms with Gasteiger partial charge in [-0.25, -0.2) is 4.79 Å². The van der Waals surface area contributed by atoms with E-state index in [4.69, 9.17) is 4.74 Å². The normalized spacial score (nSPS) is 14.3. The van der Waals surface area contributed by atoms with Crippen molar-refractivity contribution in [2.75, 3.05) is 13.6 Å². The van der Waals surface area contributed by atoms with E-state index in [-0.39, 0.29) is 36.1 Å². The van der Waals surface area contributed by atoms with Crippen LogP contribution in [0.15, 0.2) is 4.99 Å². The van der Waals surface area contributed by atoms with E-state index < -0.39 is 5.60 Å². The van der Waals surface area contributed by atoms with Crippen LogP contribution in [0.4, 0.5) is 4.79 Å². The summed E-state index contributed by atoms with van der Waals surface area (Å²) in [5.74, 6) is 0.751. The fourth-order valence-corrected chi connectivity index (χ4v) is 1.80. The topological polar surface area (TPSA) is 74.8 Å². The van der Waals surface area contributed by atoms with Gasteiger partial charge in [-0.05, 0) is 40.5 Å². The summed E-state index contributed by atoms with van der Waals surface area (Å²) in [4.78, 5) is 16.1. The number of ether oxygens (including phenoxy) is 1. The number of hydrogen-bond acceptors (Lipinski definition) is 3. The number of guanidine groups is 1. The first kappa shape index (κ1) is 24.5. The summed E-state index contributed by atoms with van der Waals surface area (Å²) in [5, 5.41) is 9.47. The third-order valence-electron chi connectivity index (χ3n) is 3.09. The Morgan fingerprint density at radius 2 is 1.83 bits per heavy atom. The maximum atomic E-state index is 11.9. The summed E-state index contributed by atoms with van der Waals surface area (Å²) in [6, 6.07) is 0.366. The molecule has 1 amide bonds. The first-order chi connectivity index (χ1) is 10.2. The largest absolute Gasteiger partial charge is 0.444 e. The van der Waals surface area contributed by atoms with Gasteiger partial charge in [0, 0.05) is 25.7 Å². The molecule has 7 heteroatoms. The second-order valence-corrected chi connectivity index (χ2v) is 6.54. The van der Waals surface area contributed by atoms with Crippen LogP contribution in [0.1, 0.15) is 60.8 Å². The Bertz CT molecular complexity index is 356. The lowest BCUT2D eigenvalue weighted by Gasteiger charge is -2.24. The van der Waals surface area contributed by atoms with Crippen molar-refractivity contribution in [1.82, 2.24) is 16.0 Å². The molecule has 6 nitrogen and oxygen atoms in total. The molecule has 2 unspecified atom stereocenters. The highest BCUT2D eigenvalue weighted by atomic mass is 127. The second kappa shape index (κ2) is 12.7. The van der Waals surface area contributed by atoms with Gasteiger partial charge >= 0.3 is 6.09 Å². The number of carbonyl (C=O) groups excluding carboxylic acids is 1. The first-order valence-electron chi connectivity index (χ1n) is 8.18. The molecular weight excluding hydrogens is 407 g/mol. The molecule has 0 bridgehead atoms. The van der Waals surface area contributed by atoms with E-state index >= 15 is 0 Å². The van der Waals surface area contributed by atoms with Crippen LogP contribution in [0, 0.1) is 0 Å². The molecule has 138 valence electrons. The average molecular weight is 442 g/mol. The van der Waals surface area contributed by atoms with Gasteiger partial charge in [0.25, 0.3) is 0 Å². The highest BCUT2D eigenvalue weighted by Gasteiger charge is 2.19. The Kier molecular flexibility index (Phi) is 13.5. The fourth-order valence-electron chi connectivity index (χ4n) is 1.80. The van der Waals surface area contributed by atoms with Crippen LogP contribution in [0.3, 0.4) is 0 Å². The zero-order valence-corrected chi connectivity index (χ0v) is 18.0. The van der Waals surface area contributed by atoms with Gasteiger partial charge in [-0.1, -0.05) is 20.3 Å². The fraction of sp³-hybridized carbons (Fsp3) is 0.875. The van der Waals surface area contributed by atoms with Crippen LogP contribution in [0.2, 0.25) is 0 Å². The van der Waals surface area contributed by atoms with Crippen molar-refractivity contribution in [2.45, 2.75) is 78.5 Å². The number of alkyl carbamates (subject to hydrolysis) is 1. The predicted molar refractivity (Wildman–Crippen MR) is 108 cm³/mol. The zero-order valence-electron chi connectivity index (χ0n) is 15.7.